The van der Waals surface area contributed by atoms with Gasteiger partial charge in [-0.3, -0.25) is 0 Å². The number of carbonyl (C=O) groups excluding carboxylic acids is 2. The van der Waals surface area contributed by atoms with Gasteiger partial charge in [-0.15, -0.1) is 0 Å². The second-order valence-corrected chi connectivity index (χ2v) is 7.92. The van der Waals surface area contributed by atoms with E-state index in [1.54, 1.807) is 36.4 Å². The Morgan fingerprint density at radius 1 is 0.658 bits per heavy atom. The molecule has 3 aromatic rings. The number of hydrogen-bond acceptors (Lipinski definition) is 6. The first-order valence-corrected chi connectivity index (χ1v) is 11.8. The molecule has 3 aromatic carbocycles. The van der Waals surface area contributed by atoms with E-state index in [2.05, 4.69) is 10.6 Å². The molecule has 0 aromatic heterocycles. The van der Waals surface area contributed by atoms with Gasteiger partial charge in [0.05, 0.1) is 13.1 Å². The van der Waals surface area contributed by atoms with Crippen molar-refractivity contribution in [3.8, 4) is 11.5 Å². The van der Waals surface area contributed by atoms with Crippen molar-refractivity contribution >= 4 is 24.6 Å². The molecule has 0 unspecified atom stereocenters. The van der Waals surface area contributed by atoms with Gasteiger partial charge in [0, 0.05) is 0 Å². The Labute approximate surface area is 218 Å². The number of benzene rings is 3. The van der Waals surface area contributed by atoms with Gasteiger partial charge in [-0.25, -0.2) is 9.59 Å². The van der Waals surface area contributed by atoms with E-state index in [1.807, 2.05) is 24.3 Å². The van der Waals surface area contributed by atoms with Gasteiger partial charge in [-0.1, -0.05) is 78.3 Å². The maximum atomic E-state index is 13.6. The number of hydrogen-bond donors (Lipinski definition) is 2. The zero-order chi connectivity index (χ0) is 27.2. The number of para-hydroxylation sites is 1. The van der Waals surface area contributed by atoms with Crippen molar-refractivity contribution in [2.75, 3.05) is 26.3 Å². The van der Waals surface area contributed by atoms with Crippen LogP contribution >= 0.6 is 0 Å². The van der Waals surface area contributed by atoms with E-state index in [1.165, 1.54) is 12.1 Å². The van der Waals surface area contributed by atoms with Crippen LogP contribution < -0.4 is 25.6 Å². The molecule has 202 valence electrons. The molecular formula is C26H27BF3N2O6-. The lowest BCUT2D eigenvalue weighted by atomic mass is 9.79. The minimum absolute atomic E-state index is 0.0107. The van der Waals surface area contributed by atoms with Crippen LogP contribution in [0.15, 0.2) is 78.9 Å². The minimum Gasteiger partial charge on any atom is -0.491 e. The first kappa shape index (κ1) is 28.2. The molecule has 0 atom stereocenters. The molecule has 0 saturated carbocycles. The van der Waals surface area contributed by atoms with Crippen LogP contribution in [0.1, 0.15) is 11.1 Å². The molecule has 0 aliphatic carbocycles. The van der Waals surface area contributed by atoms with Crippen molar-refractivity contribution in [3.63, 3.8) is 0 Å². The zero-order valence-electron chi connectivity index (χ0n) is 20.4. The maximum absolute atomic E-state index is 13.6. The third kappa shape index (κ3) is 9.60. The maximum Gasteiger partial charge on any atom is 0.513 e. The largest absolute Gasteiger partial charge is 0.513 e. The summed E-state index contributed by atoms with van der Waals surface area (Å²) in [7, 11) is 0. The number of amides is 2. The Bertz CT molecular complexity index is 1170. The molecule has 0 radical (unpaired) electrons. The molecule has 8 nitrogen and oxygen atoms in total. The smallest absolute Gasteiger partial charge is 0.491 e. The van der Waals surface area contributed by atoms with Crippen molar-refractivity contribution < 1.29 is 41.5 Å². The summed E-state index contributed by atoms with van der Waals surface area (Å²) in [6.07, 6.45) is -1.42. The fraction of sp³-hybridized carbons (Fsp3) is 0.231. The third-order valence-corrected chi connectivity index (χ3v) is 5.03. The number of carbonyl (C=O) groups is 2. The van der Waals surface area contributed by atoms with Crippen LogP contribution in [0.2, 0.25) is 0 Å². The zero-order valence-corrected chi connectivity index (χ0v) is 20.4. The summed E-state index contributed by atoms with van der Waals surface area (Å²) in [5.41, 5.74) is 0.635. The second-order valence-electron chi connectivity index (χ2n) is 7.92. The Morgan fingerprint density at radius 3 is 1.66 bits per heavy atom. The van der Waals surface area contributed by atoms with Crippen LogP contribution in [-0.2, 0) is 22.7 Å². The molecule has 3 rings (SSSR count). The predicted octanol–water partition coefficient (Wildman–Crippen LogP) is 4.35. The van der Waals surface area contributed by atoms with Crippen molar-refractivity contribution in [2.24, 2.45) is 0 Å². The molecule has 2 N–H and O–H groups in total. The Hall–Kier alpha value is -4.35. The number of rotatable bonds is 13. The van der Waals surface area contributed by atoms with Gasteiger partial charge < -0.3 is 42.5 Å². The highest BCUT2D eigenvalue weighted by molar-refractivity contribution is 6.74. The van der Waals surface area contributed by atoms with Gasteiger partial charge in [0.15, 0.2) is 5.75 Å². The summed E-state index contributed by atoms with van der Waals surface area (Å²) in [4.78, 5) is 23.7. The van der Waals surface area contributed by atoms with Crippen molar-refractivity contribution in [1.82, 2.24) is 10.6 Å². The van der Waals surface area contributed by atoms with E-state index in [0.29, 0.717) is 0 Å². The summed E-state index contributed by atoms with van der Waals surface area (Å²) in [6.45, 7) is -5.76. The number of halogens is 3. The van der Waals surface area contributed by atoms with Crippen molar-refractivity contribution in [2.45, 2.75) is 13.2 Å². The average Bonchev–Trinajstić information content (AvgIpc) is 2.92. The van der Waals surface area contributed by atoms with Gasteiger partial charge in [-0.2, -0.15) is 0 Å². The number of alkyl carbamates (subject to hydrolysis) is 2. The molecule has 0 bridgehead atoms. The molecular weight excluding hydrogens is 504 g/mol. The van der Waals surface area contributed by atoms with E-state index in [0.717, 1.165) is 17.2 Å². The number of nitrogens with one attached hydrogen (secondary N) is 2. The van der Waals surface area contributed by atoms with Crippen LogP contribution in [0.3, 0.4) is 0 Å². The molecule has 2 amide bonds. The SMILES string of the molecule is O=C(NCCOc1cccc([B-](F)(F)F)c1OCCNC(=O)OCc1ccccc1)OCc1ccccc1. The summed E-state index contributed by atoms with van der Waals surface area (Å²) < 4.78 is 61.8. The van der Waals surface area contributed by atoms with E-state index in [4.69, 9.17) is 18.9 Å². The fourth-order valence-electron chi connectivity index (χ4n) is 3.23. The van der Waals surface area contributed by atoms with Crippen molar-refractivity contribution in [1.29, 1.82) is 0 Å². The Balaban J connectivity index is 1.45. The monoisotopic (exact) mass is 531 g/mol. The van der Waals surface area contributed by atoms with Crippen LogP contribution in [0.5, 0.6) is 11.5 Å². The molecule has 0 aliphatic rings. The highest BCUT2D eigenvalue weighted by atomic mass is 19.4. The van der Waals surface area contributed by atoms with Crippen LogP contribution in [0.4, 0.5) is 22.5 Å². The van der Waals surface area contributed by atoms with Gasteiger partial charge in [0.1, 0.15) is 32.2 Å². The van der Waals surface area contributed by atoms with Crippen molar-refractivity contribution in [3.05, 3.63) is 90.0 Å². The lowest BCUT2D eigenvalue weighted by molar-refractivity contribution is 0.136. The summed E-state index contributed by atoms with van der Waals surface area (Å²) in [6, 6.07) is 21.5. The van der Waals surface area contributed by atoms with Crippen LogP contribution in [0, 0.1) is 0 Å². The van der Waals surface area contributed by atoms with E-state index in [-0.39, 0.29) is 45.3 Å². The molecule has 0 fully saturated rings. The first-order valence-electron chi connectivity index (χ1n) is 11.8. The highest BCUT2D eigenvalue weighted by Crippen LogP contribution is 2.28. The summed E-state index contributed by atoms with van der Waals surface area (Å²) >= 11 is 0. The number of ether oxygens (including phenoxy) is 4. The predicted molar refractivity (Wildman–Crippen MR) is 135 cm³/mol. The van der Waals surface area contributed by atoms with Gasteiger partial charge >= 0.3 is 19.2 Å². The quantitative estimate of drug-likeness (QED) is 0.252. The minimum atomic E-state index is -5.40. The Kier molecular flexibility index (Phi) is 10.7. The topological polar surface area (TPSA) is 95.1 Å². The normalized spacial score (nSPS) is 10.8. The molecule has 0 spiro atoms. The van der Waals surface area contributed by atoms with Gasteiger partial charge in [0.2, 0.25) is 0 Å². The fourth-order valence-corrected chi connectivity index (χ4v) is 3.23. The third-order valence-electron chi connectivity index (χ3n) is 5.03. The standard InChI is InChI=1S/C26H27BF3N2O6/c28-27(29,30)22-12-7-13-23(35-16-14-31-25(33)37-18-20-8-3-1-4-9-20)24(22)36-17-15-32-26(34)38-19-21-10-5-2-6-11-21/h1-13H,14-19H2,(H,31,33)(H,32,34)/q-1. The molecule has 38 heavy (non-hydrogen) atoms. The summed E-state index contributed by atoms with van der Waals surface area (Å²) in [5.74, 6) is -0.640. The second kappa shape index (κ2) is 14.4. The van der Waals surface area contributed by atoms with Gasteiger partial charge in [-0.05, 0) is 17.2 Å². The molecule has 0 aliphatic heterocycles. The molecule has 12 heteroatoms. The van der Waals surface area contributed by atoms with E-state index in [9.17, 15) is 22.5 Å². The van der Waals surface area contributed by atoms with E-state index < -0.39 is 30.4 Å². The van der Waals surface area contributed by atoms with E-state index >= 15 is 0 Å². The molecule has 0 saturated heterocycles. The van der Waals surface area contributed by atoms with Crippen LogP contribution in [0.25, 0.3) is 0 Å². The summed E-state index contributed by atoms with van der Waals surface area (Å²) in [5, 5.41) is 4.89. The highest BCUT2D eigenvalue weighted by Gasteiger charge is 2.31. The van der Waals surface area contributed by atoms with Crippen LogP contribution in [-0.4, -0.2) is 45.5 Å². The lowest BCUT2D eigenvalue weighted by Gasteiger charge is -2.22. The first-order chi connectivity index (χ1) is 18.3. The Morgan fingerprint density at radius 2 is 1.16 bits per heavy atom. The average molecular weight is 531 g/mol. The van der Waals surface area contributed by atoms with Gasteiger partial charge in [0.25, 0.3) is 0 Å². The lowest BCUT2D eigenvalue weighted by Crippen LogP contribution is -2.37. The molecule has 0 heterocycles.